The van der Waals surface area contributed by atoms with Crippen molar-refractivity contribution in [3.63, 3.8) is 0 Å². The maximum atomic E-state index is 5.78. The van der Waals surface area contributed by atoms with E-state index in [1.165, 1.54) is 0 Å². The van der Waals surface area contributed by atoms with Crippen molar-refractivity contribution in [1.82, 2.24) is 0 Å². The first-order valence-corrected chi connectivity index (χ1v) is 9.86. The molecule has 0 aromatic rings. The van der Waals surface area contributed by atoms with E-state index >= 15 is 0 Å². The molecule has 1 atom stereocenters. The van der Waals surface area contributed by atoms with Gasteiger partial charge in [-0.25, -0.2) is 0 Å². The fourth-order valence-corrected chi connectivity index (χ4v) is 3.41. The molecule has 6 nitrogen and oxygen atoms in total. The molecule has 0 spiro atoms. The largest absolute Gasteiger partial charge is 0.335 e. The topological polar surface area (TPSA) is 55.4 Å². The summed E-state index contributed by atoms with van der Waals surface area (Å²) in [5.41, 5.74) is 0. The second-order valence-electron chi connectivity index (χ2n) is 4.00. The van der Waals surface area contributed by atoms with E-state index in [0.29, 0.717) is 32.8 Å². The highest BCUT2D eigenvalue weighted by atomic mass is 31.2. The van der Waals surface area contributed by atoms with Gasteiger partial charge in [-0.1, -0.05) is 20.8 Å². The molecule has 0 heterocycles. The van der Waals surface area contributed by atoms with Crippen LogP contribution in [0.3, 0.4) is 0 Å². The van der Waals surface area contributed by atoms with Crippen LogP contribution in [0.25, 0.3) is 0 Å². The van der Waals surface area contributed by atoms with E-state index in [2.05, 4.69) is 0 Å². The minimum absolute atomic E-state index is 0.450. The van der Waals surface area contributed by atoms with Crippen molar-refractivity contribution in [3.05, 3.63) is 0 Å². The first kappa shape index (κ1) is 21.6. The van der Waals surface area contributed by atoms with Crippen molar-refractivity contribution in [2.24, 2.45) is 0 Å². The van der Waals surface area contributed by atoms with E-state index in [1.54, 1.807) is 0 Å². The van der Waals surface area contributed by atoms with E-state index in [4.69, 9.17) is 27.1 Å². The molecule has 0 radical (unpaired) electrons. The summed E-state index contributed by atoms with van der Waals surface area (Å²) in [5.74, 6) is 0. The van der Waals surface area contributed by atoms with Gasteiger partial charge in [0.25, 0.3) is 0 Å². The van der Waals surface area contributed by atoms with E-state index in [-0.39, 0.29) is 0 Å². The summed E-state index contributed by atoms with van der Waals surface area (Å²) in [5, 5.41) is 0. The molecule has 0 aliphatic rings. The fourth-order valence-electron chi connectivity index (χ4n) is 1.10. The molecular weight excluding hydrogens is 314 g/mol. The van der Waals surface area contributed by atoms with Gasteiger partial charge in [-0.05, 0) is 33.1 Å². The lowest BCUT2D eigenvalue weighted by molar-refractivity contribution is -0.0304. The van der Waals surface area contributed by atoms with Gasteiger partial charge in [0.1, 0.15) is 0 Å². The van der Waals surface area contributed by atoms with Gasteiger partial charge >= 0.3 is 17.2 Å². The summed E-state index contributed by atoms with van der Waals surface area (Å²) in [6, 6.07) is 0. The summed E-state index contributed by atoms with van der Waals surface area (Å²) in [4.78, 5) is 0. The van der Waals surface area contributed by atoms with Crippen LogP contribution in [0.15, 0.2) is 0 Å². The van der Waals surface area contributed by atoms with Crippen molar-refractivity contribution in [3.8, 4) is 0 Å². The lowest BCUT2D eigenvalue weighted by atomic mass is 10.5. The predicted octanol–water partition coefficient (Wildman–Crippen LogP) is 5.14. The minimum atomic E-state index is -1.39. The van der Waals surface area contributed by atoms with Crippen LogP contribution in [0, 0.1) is 0 Å². The van der Waals surface area contributed by atoms with Gasteiger partial charge in [0.2, 0.25) is 0 Å². The Morgan fingerprint density at radius 1 is 0.667 bits per heavy atom. The minimum Gasteiger partial charge on any atom is -0.312 e. The zero-order valence-corrected chi connectivity index (χ0v) is 15.7. The molecule has 1 unspecified atom stereocenters. The van der Waals surface area contributed by atoms with E-state index in [1.807, 2.05) is 34.6 Å². The van der Waals surface area contributed by atoms with Crippen LogP contribution in [0.4, 0.5) is 0 Å². The van der Waals surface area contributed by atoms with Crippen molar-refractivity contribution in [2.45, 2.75) is 60.2 Å². The SMILES string of the molecule is CCCOP(OCCC)OC(CC)OP(OCC)OCC. The number of hydrogen-bond acceptors (Lipinski definition) is 6. The summed E-state index contributed by atoms with van der Waals surface area (Å²) < 4.78 is 33.5. The fraction of sp³-hybridized carbons (Fsp3) is 1.00. The molecule has 0 aromatic carbocycles. The molecule has 0 rings (SSSR count). The van der Waals surface area contributed by atoms with Gasteiger partial charge in [-0.2, -0.15) is 0 Å². The van der Waals surface area contributed by atoms with Gasteiger partial charge < -0.3 is 18.1 Å². The molecule has 128 valence electrons. The molecule has 0 fully saturated rings. The van der Waals surface area contributed by atoms with Crippen LogP contribution in [0.2, 0.25) is 0 Å². The standard InChI is InChI=1S/C13H30O6P2/c1-6-11-16-21(17-12-7-2)19-13(8-3)18-20(14-9-4)15-10-5/h13H,6-12H2,1-5H3. The molecule has 0 saturated carbocycles. The van der Waals surface area contributed by atoms with Crippen LogP contribution in [0.5, 0.6) is 0 Å². The van der Waals surface area contributed by atoms with E-state index in [9.17, 15) is 0 Å². The van der Waals surface area contributed by atoms with Crippen molar-refractivity contribution < 1.29 is 27.1 Å². The Balaban J connectivity index is 4.36. The van der Waals surface area contributed by atoms with E-state index in [0.717, 1.165) is 12.8 Å². The monoisotopic (exact) mass is 344 g/mol. The molecule has 0 N–H and O–H groups in total. The quantitative estimate of drug-likeness (QED) is 0.303. The number of hydrogen-bond donors (Lipinski definition) is 0. The van der Waals surface area contributed by atoms with Crippen molar-refractivity contribution in [2.75, 3.05) is 26.4 Å². The van der Waals surface area contributed by atoms with Gasteiger partial charge in [-0.15, -0.1) is 0 Å². The zero-order chi connectivity index (χ0) is 15.9. The van der Waals surface area contributed by atoms with Crippen LogP contribution in [-0.2, 0) is 27.1 Å². The average molecular weight is 344 g/mol. The Labute approximate surface area is 131 Å². The van der Waals surface area contributed by atoms with Gasteiger partial charge in [-0.3, -0.25) is 9.05 Å². The number of rotatable bonds is 15. The third kappa shape index (κ3) is 11.8. The molecule has 0 aromatic heterocycles. The lowest BCUT2D eigenvalue weighted by Crippen LogP contribution is -2.14. The third-order valence-corrected chi connectivity index (χ3v) is 4.55. The van der Waals surface area contributed by atoms with Crippen LogP contribution in [0.1, 0.15) is 53.9 Å². The van der Waals surface area contributed by atoms with Crippen LogP contribution in [-0.4, -0.2) is 32.7 Å². The van der Waals surface area contributed by atoms with E-state index < -0.39 is 23.5 Å². The average Bonchev–Trinajstić information content (AvgIpc) is 2.49. The first-order chi connectivity index (χ1) is 10.2. The Morgan fingerprint density at radius 2 is 1.10 bits per heavy atom. The smallest absolute Gasteiger partial charge is 0.312 e. The second kappa shape index (κ2) is 15.5. The summed E-state index contributed by atoms with van der Waals surface area (Å²) >= 11 is 0. The van der Waals surface area contributed by atoms with Gasteiger partial charge in [0, 0.05) is 0 Å². The molecule has 8 heteroatoms. The predicted molar refractivity (Wildman–Crippen MR) is 85.8 cm³/mol. The first-order valence-electron chi connectivity index (χ1n) is 7.67. The molecule has 0 aliphatic heterocycles. The second-order valence-corrected chi connectivity index (χ2v) is 6.35. The molecule has 0 amide bonds. The normalized spacial score (nSPS) is 13.3. The highest BCUT2D eigenvalue weighted by Crippen LogP contribution is 2.47. The molecule has 21 heavy (non-hydrogen) atoms. The highest BCUT2D eigenvalue weighted by molar-refractivity contribution is 7.42. The summed E-state index contributed by atoms with van der Waals surface area (Å²) in [6.07, 6.45) is 2.05. The zero-order valence-electron chi connectivity index (χ0n) is 13.9. The Morgan fingerprint density at radius 3 is 1.43 bits per heavy atom. The van der Waals surface area contributed by atoms with Gasteiger partial charge in [0.15, 0.2) is 6.29 Å². The Kier molecular flexibility index (Phi) is 16.0. The third-order valence-electron chi connectivity index (χ3n) is 2.01. The Bertz CT molecular complexity index is 209. The maximum absolute atomic E-state index is 5.78. The highest BCUT2D eigenvalue weighted by Gasteiger charge is 2.24. The Hall–Kier alpha value is 0.620. The molecule has 0 bridgehead atoms. The van der Waals surface area contributed by atoms with Crippen LogP contribution >= 0.6 is 17.2 Å². The molecule has 0 aliphatic carbocycles. The molecule has 0 saturated heterocycles. The van der Waals surface area contributed by atoms with Gasteiger partial charge in [0.05, 0.1) is 26.4 Å². The van der Waals surface area contributed by atoms with Crippen LogP contribution < -0.4 is 0 Å². The summed E-state index contributed by atoms with van der Waals surface area (Å²) in [7, 11) is -2.78. The molecular formula is C13H30O6P2. The summed E-state index contributed by atoms with van der Waals surface area (Å²) in [6.45, 7) is 12.2. The van der Waals surface area contributed by atoms with Crippen molar-refractivity contribution in [1.29, 1.82) is 0 Å². The maximum Gasteiger partial charge on any atom is 0.335 e. The van der Waals surface area contributed by atoms with Crippen molar-refractivity contribution >= 4 is 17.2 Å². The lowest BCUT2D eigenvalue weighted by Gasteiger charge is -2.24.